The van der Waals surface area contributed by atoms with Crippen molar-refractivity contribution in [3.63, 3.8) is 0 Å². The third kappa shape index (κ3) is 3.93. The molecule has 1 aromatic heterocycles. The normalized spacial score (nSPS) is 18.5. The molecule has 0 bridgehead atoms. The van der Waals surface area contributed by atoms with Gasteiger partial charge in [-0.2, -0.15) is 0 Å². The molecule has 30 heavy (non-hydrogen) atoms. The zero-order valence-corrected chi connectivity index (χ0v) is 16.6. The fourth-order valence-electron chi connectivity index (χ4n) is 3.63. The molecule has 8 heteroatoms. The minimum atomic E-state index is -0.853. The SMILES string of the molecule is Cc1ccc(=O)n(CC2OC(=O)N(c3ccc(Cl)cc3)C2c2cc(F)cc(F)c2)c1. The van der Waals surface area contributed by atoms with E-state index in [1.165, 1.54) is 15.5 Å². The summed E-state index contributed by atoms with van der Waals surface area (Å²) < 4.78 is 34.9. The highest BCUT2D eigenvalue weighted by Gasteiger charge is 2.44. The smallest absolute Gasteiger partial charge is 0.415 e. The van der Waals surface area contributed by atoms with Crippen LogP contribution in [0, 0.1) is 18.6 Å². The van der Waals surface area contributed by atoms with Crippen LogP contribution in [0.15, 0.2) is 65.6 Å². The number of pyridine rings is 1. The van der Waals surface area contributed by atoms with Crippen LogP contribution in [0.5, 0.6) is 0 Å². The predicted molar refractivity (Wildman–Crippen MR) is 109 cm³/mol. The highest BCUT2D eigenvalue weighted by Crippen LogP contribution is 2.38. The Balaban J connectivity index is 1.80. The Labute approximate surface area is 176 Å². The molecule has 0 spiro atoms. The Morgan fingerprint density at radius 3 is 2.33 bits per heavy atom. The van der Waals surface area contributed by atoms with Crippen molar-refractivity contribution in [3.05, 3.63) is 98.9 Å². The summed E-state index contributed by atoms with van der Waals surface area (Å²) in [6.45, 7) is 1.86. The van der Waals surface area contributed by atoms with E-state index in [0.29, 0.717) is 10.7 Å². The third-order valence-electron chi connectivity index (χ3n) is 4.92. The number of ether oxygens (including phenoxy) is 1. The molecule has 1 aliphatic rings. The molecule has 1 amide bonds. The topological polar surface area (TPSA) is 51.5 Å². The number of aromatic nitrogens is 1. The van der Waals surface area contributed by atoms with E-state index in [9.17, 15) is 18.4 Å². The van der Waals surface area contributed by atoms with Gasteiger partial charge in [0.15, 0.2) is 0 Å². The minimum absolute atomic E-state index is 0.0269. The quantitative estimate of drug-likeness (QED) is 0.594. The Morgan fingerprint density at radius 2 is 1.67 bits per heavy atom. The second kappa shape index (κ2) is 7.91. The van der Waals surface area contributed by atoms with Crippen molar-refractivity contribution in [1.29, 1.82) is 0 Å². The van der Waals surface area contributed by atoms with E-state index in [0.717, 1.165) is 23.8 Å². The monoisotopic (exact) mass is 430 g/mol. The van der Waals surface area contributed by atoms with Crippen molar-refractivity contribution in [2.24, 2.45) is 0 Å². The maximum absolute atomic E-state index is 14.0. The Morgan fingerprint density at radius 1 is 1.00 bits per heavy atom. The lowest BCUT2D eigenvalue weighted by atomic mass is 9.99. The molecule has 2 atom stereocenters. The standard InChI is InChI=1S/C22H17ClF2N2O3/c1-13-2-7-20(28)26(11-13)12-19-21(14-8-16(24)10-17(25)9-14)27(22(29)30-19)18-5-3-15(23)4-6-18/h2-11,19,21H,12H2,1H3. The van der Waals surface area contributed by atoms with Crippen LogP contribution in [0.25, 0.3) is 0 Å². The fraction of sp³-hybridized carbons (Fsp3) is 0.182. The van der Waals surface area contributed by atoms with Gasteiger partial charge in [0.25, 0.3) is 5.56 Å². The summed E-state index contributed by atoms with van der Waals surface area (Å²) in [5, 5.41) is 0.475. The summed E-state index contributed by atoms with van der Waals surface area (Å²) in [6, 6.07) is 11.8. The second-order valence-corrected chi connectivity index (χ2v) is 7.55. The van der Waals surface area contributed by atoms with Crippen molar-refractivity contribution in [1.82, 2.24) is 4.57 Å². The number of nitrogens with zero attached hydrogens (tertiary/aromatic N) is 2. The molecule has 5 nitrogen and oxygen atoms in total. The molecule has 2 heterocycles. The second-order valence-electron chi connectivity index (χ2n) is 7.11. The summed E-state index contributed by atoms with van der Waals surface area (Å²) >= 11 is 5.95. The van der Waals surface area contributed by atoms with Crippen LogP contribution >= 0.6 is 11.6 Å². The number of carbonyl (C=O) groups excluding carboxylic acids is 1. The van der Waals surface area contributed by atoms with Gasteiger partial charge in [0.2, 0.25) is 0 Å². The van der Waals surface area contributed by atoms with Crippen LogP contribution < -0.4 is 10.5 Å². The summed E-state index contributed by atoms with van der Waals surface area (Å²) in [4.78, 5) is 26.3. The fourth-order valence-corrected chi connectivity index (χ4v) is 3.76. The van der Waals surface area contributed by atoms with E-state index in [-0.39, 0.29) is 17.7 Å². The lowest BCUT2D eigenvalue weighted by Gasteiger charge is -2.25. The maximum Gasteiger partial charge on any atom is 0.415 e. The molecule has 0 N–H and O–H groups in total. The lowest BCUT2D eigenvalue weighted by molar-refractivity contribution is 0.119. The molecule has 1 fully saturated rings. The van der Waals surface area contributed by atoms with Gasteiger partial charge in [0, 0.05) is 29.0 Å². The maximum atomic E-state index is 14.0. The number of hydrogen-bond donors (Lipinski definition) is 0. The number of carbonyl (C=O) groups is 1. The van der Waals surface area contributed by atoms with Crippen LogP contribution in [0.1, 0.15) is 17.2 Å². The first-order chi connectivity index (χ1) is 14.3. The van der Waals surface area contributed by atoms with Crippen molar-refractivity contribution < 1.29 is 18.3 Å². The van der Waals surface area contributed by atoms with E-state index in [2.05, 4.69) is 0 Å². The van der Waals surface area contributed by atoms with E-state index in [1.54, 1.807) is 36.5 Å². The van der Waals surface area contributed by atoms with Gasteiger partial charge in [-0.25, -0.2) is 13.6 Å². The van der Waals surface area contributed by atoms with Gasteiger partial charge in [-0.1, -0.05) is 17.7 Å². The summed E-state index contributed by atoms with van der Waals surface area (Å²) in [5.41, 5.74) is 1.25. The average molecular weight is 431 g/mol. The van der Waals surface area contributed by atoms with Gasteiger partial charge in [0.05, 0.1) is 6.54 Å². The first-order valence-electron chi connectivity index (χ1n) is 9.20. The Kier molecular flexibility index (Phi) is 5.30. The van der Waals surface area contributed by atoms with Crippen LogP contribution in [0.2, 0.25) is 5.02 Å². The highest BCUT2D eigenvalue weighted by molar-refractivity contribution is 6.30. The molecular weight excluding hydrogens is 414 g/mol. The first-order valence-corrected chi connectivity index (χ1v) is 9.58. The molecule has 4 rings (SSSR count). The molecule has 154 valence electrons. The van der Waals surface area contributed by atoms with E-state index in [4.69, 9.17) is 16.3 Å². The lowest BCUT2D eigenvalue weighted by Crippen LogP contribution is -2.33. The zero-order chi connectivity index (χ0) is 21.4. The molecule has 1 saturated heterocycles. The largest absolute Gasteiger partial charge is 0.441 e. The zero-order valence-electron chi connectivity index (χ0n) is 15.9. The predicted octanol–water partition coefficient (Wildman–Crippen LogP) is 4.86. The van der Waals surface area contributed by atoms with Crippen LogP contribution in [0.4, 0.5) is 19.3 Å². The Hall–Kier alpha value is -3.19. The summed E-state index contributed by atoms with van der Waals surface area (Å²) in [6.07, 6.45) is 0.108. The number of amides is 1. The molecule has 0 aliphatic carbocycles. The third-order valence-corrected chi connectivity index (χ3v) is 5.17. The van der Waals surface area contributed by atoms with Gasteiger partial charge in [-0.3, -0.25) is 9.69 Å². The average Bonchev–Trinajstić information content (AvgIpc) is 3.00. The van der Waals surface area contributed by atoms with Crippen LogP contribution in [-0.4, -0.2) is 16.8 Å². The molecule has 0 saturated carbocycles. The molecule has 0 radical (unpaired) electrons. The molecular formula is C22H17ClF2N2O3. The summed E-state index contributed by atoms with van der Waals surface area (Å²) in [5.74, 6) is -1.54. The van der Waals surface area contributed by atoms with Crippen molar-refractivity contribution in [2.75, 3.05) is 4.90 Å². The molecule has 2 aromatic carbocycles. The minimum Gasteiger partial charge on any atom is -0.441 e. The van der Waals surface area contributed by atoms with Crippen molar-refractivity contribution >= 4 is 23.4 Å². The van der Waals surface area contributed by atoms with Crippen LogP contribution in [-0.2, 0) is 11.3 Å². The Bertz CT molecular complexity index is 1140. The summed E-state index contributed by atoms with van der Waals surface area (Å²) in [7, 11) is 0. The van der Waals surface area contributed by atoms with E-state index in [1.807, 2.05) is 6.92 Å². The van der Waals surface area contributed by atoms with Gasteiger partial charge in [-0.05, 0) is 54.4 Å². The van der Waals surface area contributed by atoms with Crippen molar-refractivity contribution in [3.8, 4) is 0 Å². The van der Waals surface area contributed by atoms with E-state index >= 15 is 0 Å². The molecule has 3 aromatic rings. The van der Waals surface area contributed by atoms with E-state index < -0.39 is 29.9 Å². The van der Waals surface area contributed by atoms with Gasteiger partial charge in [-0.15, -0.1) is 0 Å². The molecule has 1 aliphatic heterocycles. The number of hydrogen-bond acceptors (Lipinski definition) is 3. The van der Waals surface area contributed by atoms with Crippen LogP contribution in [0.3, 0.4) is 0 Å². The van der Waals surface area contributed by atoms with Gasteiger partial charge >= 0.3 is 6.09 Å². The number of anilines is 1. The number of cyclic esters (lactones) is 1. The highest BCUT2D eigenvalue weighted by atomic mass is 35.5. The molecule has 2 unspecified atom stereocenters. The van der Waals surface area contributed by atoms with Gasteiger partial charge < -0.3 is 9.30 Å². The number of aryl methyl sites for hydroxylation is 1. The van der Waals surface area contributed by atoms with Crippen molar-refractivity contribution in [2.45, 2.75) is 25.6 Å². The number of halogens is 3. The first kappa shape index (κ1) is 20.1. The number of rotatable bonds is 4. The van der Waals surface area contributed by atoms with Gasteiger partial charge in [0.1, 0.15) is 23.8 Å². The number of benzene rings is 2.